The number of amides is 2. The molecule has 0 fully saturated rings. The third-order valence-electron chi connectivity index (χ3n) is 6.80. The van der Waals surface area contributed by atoms with Crippen LogP contribution in [0.4, 0.5) is 5.82 Å². The van der Waals surface area contributed by atoms with Gasteiger partial charge in [0.05, 0.1) is 18.4 Å². The lowest BCUT2D eigenvalue weighted by molar-refractivity contribution is -0.155. The Labute approximate surface area is 232 Å². The van der Waals surface area contributed by atoms with Crippen molar-refractivity contribution in [3.8, 4) is 11.3 Å². The molecule has 2 amide bonds. The van der Waals surface area contributed by atoms with Gasteiger partial charge in [-0.15, -0.1) is 0 Å². The molecule has 1 aliphatic heterocycles. The molecule has 1 atom stereocenters. The summed E-state index contributed by atoms with van der Waals surface area (Å²) < 4.78 is 9.27. The first-order valence-corrected chi connectivity index (χ1v) is 13.1. The standard InChI is InChI=1S/C29H33N7O4/c1-29(2,3)40-26(37)11-10-22(27(30)38)36-16-19-13-18(8-9-20(19)28(36)39)21-17-34(4)25(33-21)15-32-24-14-31-23-7-5-6-12-35(23)24/h5-9,12-14,17,22,32H,10-11,15-16H2,1-4H3,(H2,30,38). The summed E-state index contributed by atoms with van der Waals surface area (Å²) in [6.45, 7) is 6.04. The molecule has 5 rings (SSSR count). The zero-order valence-corrected chi connectivity index (χ0v) is 23.0. The highest BCUT2D eigenvalue weighted by atomic mass is 16.6. The van der Waals surface area contributed by atoms with Crippen molar-refractivity contribution in [2.45, 2.75) is 58.3 Å². The Bertz CT molecular complexity index is 1600. The average molecular weight is 544 g/mol. The van der Waals surface area contributed by atoms with Gasteiger partial charge in [0.25, 0.3) is 5.91 Å². The molecule has 11 heteroatoms. The van der Waals surface area contributed by atoms with Crippen molar-refractivity contribution in [3.63, 3.8) is 0 Å². The van der Waals surface area contributed by atoms with Gasteiger partial charge in [-0.3, -0.25) is 18.8 Å². The van der Waals surface area contributed by atoms with E-state index in [-0.39, 0.29) is 25.3 Å². The number of imidazole rings is 2. The number of hydrogen-bond donors (Lipinski definition) is 2. The summed E-state index contributed by atoms with van der Waals surface area (Å²) in [6, 6.07) is 10.4. The number of rotatable bonds is 9. The van der Waals surface area contributed by atoms with Crippen LogP contribution in [0.5, 0.6) is 0 Å². The molecule has 1 aromatic carbocycles. The number of carbonyl (C=O) groups excluding carboxylic acids is 3. The molecule has 3 N–H and O–H groups in total. The van der Waals surface area contributed by atoms with E-state index in [0.717, 1.165) is 34.1 Å². The Morgan fingerprint density at radius 3 is 2.75 bits per heavy atom. The Morgan fingerprint density at radius 2 is 2.00 bits per heavy atom. The molecule has 1 unspecified atom stereocenters. The average Bonchev–Trinajstić information content (AvgIpc) is 3.57. The van der Waals surface area contributed by atoms with Crippen LogP contribution in [0, 0.1) is 0 Å². The Morgan fingerprint density at radius 1 is 1.20 bits per heavy atom. The number of hydrogen-bond acceptors (Lipinski definition) is 7. The molecule has 0 radical (unpaired) electrons. The summed E-state index contributed by atoms with van der Waals surface area (Å²) >= 11 is 0. The fraction of sp³-hybridized carbons (Fsp3) is 0.345. The fourth-order valence-electron chi connectivity index (χ4n) is 4.89. The van der Waals surface area contributed by atoms with E-state index in [1.165, 1.54) is 4.90 Å². The molecular formula is C29H33N7O4. The fourth-order valence-corrected chi connectivity index (χ4v) is 4.89. The van der Waals surface area contributed by atoms with Gasteiger partial charge in [0.1, 0.15) is 28.9 Å². The molecule has 1 aliphatic rings. The van der Waals surface area contributed by atoms with E-state index in [0.29, 0.717) is 12.1 Å². The predicted molar refractivity (Wildman–Crippen MR) is 149 cm³/mol. The topological polar surface area (TPSA) is 137 Å². The van der Waals surface area contributed by atoms with Crippen LogP contribution in [-0.2, 0) is 34.5 Å². The number of carbonyl (C=O) groups is 3. The molecule has 11 nitrogen and oxygen atoms in total. The summed E-state index contributed by atoms with van der Waals surface area (Å²) in [7, 11) is 1.93. The maximum atomic E-state index is 13.2. The number of ether oxygens (including phenoxy) is 1. The lowest BCUT2D eigenvalue weighted by atomic mass is 10.0. The zero-order valence-electron chi connectivity index (χ0n) is 23.0. The smallest absolute Gasteiger partial charge is 0.306 e. The molecule has 4 aromatic rings. The van der Waals surface area contributed by atoms with Crippen LogP contribution >= 0.6 is 0 Å². The monoisotopic (exact) mass is 543 g/mol. The number of nitrogens with zero attached hydrogens (tertiary/aromatic N) is 5. The Kier molecular flexibility index (Phi) is 7.05. The zero-order chi connectivity index (χ0) is 28.6. The van der Waals surface area contributed by atoms with Crippen LogP contribution in [0.2, 0.25) is 0 Å². The first kappa shape index (κ1) is 26.9. The van der Waals surface area contributed by atoms with Crippen LogP contribution in [0.15, 0.2) is 55.0 Å². The van der Waals surface area contributed by atoms with E-state index in [1.807, 2.05) is 58.7 Å². The molecule has 0 bridgehead atoms. The van der Waals surface area contributed by atoms with Gasteiger partial charge in [-0.1, -0.05) is 12.1 Å². The van der Waals surface area contributed by atoms with E-state index >= 15 is 0 Å². The van der Waals surface area contributed by atoms with Gasteiger partial charge in [0.2, 0.25) is 5.91 Å². The predicted octanol–water partition coefficient (Wildman–Crippen LogP) is 3.28. The molecule has 0 spiro atoms. The molecule has 40 heavy (non-hydrogen) atoms. The maximum absolute atomic E-state index is 13.2. The Hall–Kier alpha value is -4.67. The van der Waals surface area contributed by atoms with E-state index in [1.54, 1.807) is 33.0 Å². The molecule has 0 saturated carbocycles. The number of aromatic nitrogens is 4. The largest absolute Gasteiger partial charge is 0.460 e. The number of nitrogens with two attached hydrogens (primary N) is 1. The van der Waals surface area contributed by atoms with E-state index in [9.17, 15) is 14.4 Å². The minimum absolute atomic E-state index is 0.0178. The first-order valence-electron chi connectivity index (χ1n) is 13.1. The second kappa shape index (κ2) is 10.5. The highest BCUT2D eigenvalue weighted by Gasteiger charge is 2.36. The van der Waals surface area contributed by atoms with Crippen molar-refractivity contribution >= 4 is 29.2 Å². The highest BCUT2D eigenvalue weighted by Crippen LogP contribution is 2.30. The summed E-state index contributed by atoms with van der Waals surface area (Å²) in [5, 5.41) is 3.39. The van der Waals surface area contributed by atoms with Crippen LogP contribution < -0.4 is 11.1 Å². The molecule has 3 aromatic heterocycles. The van der Waals surface area contributed by atoms with E-state index in [4.69, 9.17) is 15.5 Å². The Balaban J connectivity index is 1.29. The number of primary amides is 1. The molecule has 4 heterocycles. The van der Waals surface area contributed by atoms with Gasteiger partial charge in [0.15, 0.2) is 0 Å². The quantitative estimate of drug-likeness (QED) is 0.309. The normalized spacial score (nSPS) is 13.9. The molecule has 0 saturated heterocycles. The van der Waals surface area contributed by atoms with Gasteiger partial charge < -0.3 is 25.3 Å². The van der Waals surface area contributed by atoms with Gasteiger partial charge in [-0.25, -0.2) is 9.97 Å². The molecule has 208 valence electrons. The third kappa shape index (κ3) is 5.54. The first-order chi connectivity index (χ1) is 19.0. The lowest BCUT2D eigenvalue weighted by Gasteiger charge is -2.25. The van der Waals surface area contributed by atoms with Crippen molar-refractivity contribution in [2.24, 2.45) is 12.8 Å². The van der Waals surface area contributed by atoms with Gasteiger partial charge in [0, 0.05) is 43.5 Å². The summed E-state index contributed by atoms with van der Waals surface area (Å²) in [5.41, 5.74) is 8.79. The van der Waals surface area contributed by atoms with Crippen LogP contribution in [0.3, 0.4) is 0 Å². The molecular weight excluding hydrogens is 510 g/mol. The summed E-state index contributed by atoms with van der Waals surface area (Å²) in [4.78, 5) is 48.3. The van der Waals surface area contributed by atoms with Crippen molar-refractivity contribution in [3.05, 3.63) is 71.9 Å². The van der Waals surface area contributed by atoms with Gasteiger partial charge in [-0.2, -0.15) is 0 Å². The number of aryl methyl sites for hydroxylation is 1. The number of fused-ring (bicyclic) bond motifs is 2. The number of pyridine rings is 1. The SMILES string of the molecule is Cn1cc(-c2ccc3c(c2)CN(C(CCC(=O)OC(C)(C)C)C(N)=O)C3=O)nc1CNc1cnc2ccccn12. The highest BCUT2D eigenvalue weighted by molar-refractivity contribution is 6.01. The summed E-state index contributed by atoms with van der Waals surface area (Å²) in [6.07, 6.45) is 5.75. The van der Waals surface area contributed by atoms with E-state index in [2.05, 4.69) is 10.3 Å². The third-order valence-corrected chi connectivity index (χ3v) is 6.80. The van der Waals surface area contributed by atoms with Gasteiger partial charge >= 0.3 is 5.97 Å². The van der Waals surface area contributed by atoms with Crippen molar-refractivity contribution in [1.29, 1.82) is 0 Å². The van der Waals surface area contributed by atoms with Crippen LogP contribution in [0.25, 0.3) is 16.9 Å². The summed E-state index contributed by atoms with van der Waals surface area (Å²) in [5.74, 6) is 0.320. The number of esters is 1. The number of anilines is 1. The minimum atomic E-state index is -0.914. The van der Waals surface area contributed by atoms with Crippen molar-refractivity contribution in [2.75, 3.05) is 5.32 Å². The van der Waals surface area contributed by atoms with E-state index < -0.39 is 23.5 Å². The minimum Gasteiger partial charge on any atom is -0.460 e. The van der Waals surface area contributed by atoms with Gasteiger partial charge in [-0.05, 0) is 57.0 Å². The molecule has 0 aliphatic carbocycles. The maximum Gasteiger partial charge on any atom is 0.306 e. The lowest BCUT2D eigenvalue weighted by Crippen LogP contribution is -2.45. The second-order valence-electron chi connectivity index (χ2n) is 10.9. The van der Waals surface area contributed by atoms with Crippen LogP contribution in [0.1, 0.15) is 55.4 Å². The van der Waals surface area contributed by atoms with Crippen LogP contribution in [-0.4, -0.2) is 53.3 Å². The number of nitrogens with one attached hydrogen (secondary N) is 1. The number of benzene rings is 1. The van der Waals surface area contributed by atoms with Crippen molar-refractivity contribution in [1.82, 2.24) is 23.8 Å². The van der Waals surface area contributed by atoms with Crippen molar-refractivity contribution < 1.29 is 19.1 Å². The second-order valence-corrected chi connectivity index (χ2v) is 10.9.